The van der Waals surface area contributed by atoms with E-state index >= 15 is 0 Å². The Balaban J connectivity index is 2.30. The fourth-order valence-corrected chi connectivity index (χ4v) is 1.97. The molecule has 0 bridgehead atoms. The van der Waals surface area contributed by atoms with Gasteiger partial charge in [-0.1, -0.05) is 18.2 Å². The largest absolute Gasteiger partial charge is 0.481 e. The van der Waals surface area contributed by atoms with Gasteiger partial charge in [-0.05, 0) is 41.8 Å². The Hall–Kier alpha value is -2.30. The fraction of sp³-hybridized carbons (Fsp3) is 0.133. The van der Waals surface area contributed by atoms with Gasteiger partial charge in [0, 0.05) is 0 Å². The van der Waals surface area contributed by atoms with Crippen molar-refractivity contribution in [2.24, 2.45) is 0 Å². The molecule has 0 spiro atoms. The maximum Gasteiger partial charge on any atom is 0.311 e. The van der Waals surface area contributed by atoms with Gasteiger partial charge < -0.3 is 5.11 Å². The van der Waals surface area contributed by atoms with E-state index in [1.165, 1.54) is 24.3 Å². The van der Waals surface area contributed by atoms with Crippen molar-refractivity contribution in [1.29, 1.82) is 0 Å². The lowest BCUT2D eigenvalue weighted by atomic mass is 9.92. The highest BCUT2D eigenvalue weighted by Crippen LogP contribution is 2.23. The third kappa shape index (κ3) is 3.17. The molecule has 0 fully saturated rings. The molecule has 104 valence electrons. The van der Waals surface area contributed by atoms with Crippen LogP contribution in [0.1, 0.15) is 17.0 Å². The van der Waals surface area contributed by atoms with Gasteiger partial charge in [-0.2, -0.15) is 0 Å². The van der Waals surface area contributed by atoms with Crippen LogP contribution < -0.4 is 0 Å². The number of hydrogen-bond acceptors (Lipinski definition) is 1. The van der Waals surface area contributed by atoms with Gasteiger partial charge in [0.25, 0.3) is 0 Å². The van der Waals surface area contributed by atoms with Gasteiger partial charge in [-0.15, -0.1) is 0 Å². The van der Waals surface area contributed by atoms with Gasteiger partial charge in [0.2, 0.25) is 0 Å². The van der Waals surface area contributed by atoms with E-state index in [0.29, 0.717) is 5.56 Å². The molecule has 0 aliphatic carbocycles. The van der Waals surface area contributed by atoms with Gasteiger partial charge in [0.15, 0.2) is 11.6 Å². The molecule has 2 nitrogen and oxygen atoms in total. The highest BCUT2D eigenvalue weighted by molar-refractivity contribution is 5.76. The van der Waals surface area contributed by atoms with Crippen LogP contribution >= 0.6 is 0 Å². The number of rotatable bonds is 4. The Morgan fingerprint density at radius 2 is 1.80 bits per heavy atom. The van der Waals surface area contributed by atoms with Crippen LogP contribution in [0, 0.1) is 17.5 Å². The molecule has 0 saturated heterocycles. The summed E-state index contributed by atoms with van der Waals surface area (Å²) in [5, 5.41) is 9.21. The van der Waals surface area contributed by atoms with Crippen molar-refractivity contribution in [2.45, 2.75) is 12.3 Å². The second kappa shape index (κ2) is 5.77. The molecule has 2 aromatic carbocycles. The number of carbonyl (C=O) groups is 1. The molecule has 0 aromatic heterocycles. The Morgan fingerprint density at radius 1 is 1.05 bits per heavy atom. The van der Waals surface area contributed by atoms with Crippen LogP contribution in [0.5, 0.6) is 0 Å². The van der Waals surface area contributed by atoms with Gasteiger partial charge in [0.1, 0.15) is 5.82 Å². The van der Waals surface area contributed by atoms with Gasteiger partial charge in [0.05, 0.1) is 5.92 Å². The second-order valence-corrected chi connectivity index (χ2v) is 4.40. The molecule has 1 atom stereocenters. The number of hydrogen-bond donors (Lipinski definition) is 1. The normalized spacial score (nSPS) is 12.2. The van der Waals surface area contributed by atoms with Crippen molar-refractivity contribution in [3.8, 4) is 0 Å². The maximum absolute atomic E-state index is 13.1. The average molecular weight is 280 g/mol. The zero-order valence-corrected chi connectivity index (χ0v) is 10.3. The Bertz CT molecular complexity index is 641. The Kier molecular flexibility index (Phi) is 4.08. The molecule has 2 aromatic rings. The third-order valence-corrected chi connectivity index (χ3v) is 2.97. The molecule has 0 aliphatic rings. The molecule has 2 rings (SSSR count). The molecule has 5 heteroatoms. The van der Waals surface area contributed by atoms with Crippen LogP contribution in [-0.4, -0.2) is 11.1 Å². The summed E-state index contributed by atoms with van der Waals surface area (Å²) in [6, 6.07) is 8.43. The summed E-state index contributed by atoms with van der Waals surface area (Å²) >= 11 is 0. The first-order valence-electron chi connectivity index (χ1n) is 5.89. The second-order valence-electron chi connectivity index (χ2n) is 4.40. The average Bonchev–Trinajstić information content (AvgIpc) is 2.39. The lowest BCUT2D eigenvalue weighted by Gasteiger charge is -2.13. The minimum atomic E-state index is -1.15. The van der Waals surface area contributed by atoms with Crippen LogP contribution in [0.3, 0.4) is 0 Å². The van der Waals surface area contributed by atoms with E-state index in [4.69, 9.17) is 0 Å². The summed E-state index contributed by atoms with van der Waals surface area (Å²) in [5.74, 6) is -4.74. The summed E-state index contributed by atoms with van der Waals surface area (Å²) < 4.78 is 39.1. The van der Waals surface area contributed by atoms with Gasteiger partial charge in [-0.25, -0.2) is 13.2 Å². The van der Waals surface area contributed by atoms with Crippen molar-refractivity contribution in [3.63, 3.8) is 0 Å². The zero-order chi connectivity index (χ0) is 14.7. The molecule has 0 radical (unpaired) electrons. The molecule has 1 unspecified atom stereocenters. The van der Waals surface area contributed by atoms with E-state index in [2.05, 4.69) is 0 Å². The predicted octanol–water partition coefficient (Wildman–Crippen LogP) is 3.51. The third-order valence-electron chi connectivity index (χ3n) is 2.97. The van der Waals surface area contributed by atoms with Crippen LogP contribution in [0.2, 0.25) is 0 Å². The topological polar surface area (TPSA) is 37.3 Å². The molecule has 20 heavy (non-hydrogen) atoms. The van der Waals surface area contributed by atoms with E-state index in [1.807, 2.05) is 0 Å². The van der Waals surface area contributed by atoms with Crippen molar-refractivity contribution < 1.29 is 23.1 Å². The molecular formula is C15H11F3O2. The van der Waals surface area contributed by atoms with Crippen molar-refractivity contribution >= 4 is 5.97 Å². The number of carboxylic acids is 1. The minimum Gasteiger partial charge on any atom is -0.481 e. The lowest BCUT2D eigenvalue weighted by Crippen LogP contribution is -2.14. The van der Waals surface area contributed by atoms with Crippen LogP contribution in [-0.2, 0) is 11.2 Å². The van der Waals surface area contributed by atoms with E-state index in [9.17, 15) is 23.1 Å². The standard InChI is InChI=1S/C15H11F3O2/c16-11-3-1-2-10(8-11)12(15(19)20)6-9-4-5-13(17)14(18)7-9/h1-5,7-8,12H,6H2,(H,19,20). The van der Waals surface area contributed by atoms with Gasteiger partial charge >= 0.3 is 5.97 Å². The molecule has 0 saturated carbocycles. The number of aliphatic carboxylic acids is 1. The quantitative estimate of drug-likeness (QED) is 0.930. The van der Waals surface area contributed by atoms with E-state index in [0.717, 1.165) is 18.2 Å². The molecule has 0 aliphatic heterocycles. The minimum absolute atomic E-state index is 0.0456. The van der Waals surface area contributed by atoms with Crippen LogP contribution in [0.4, 0.5) is 13.2 Å². The molecule has 0 heterocycles. The first-order chi connectivity index (χ1) is 9.47. The summed E-state index contributed by atoms with van der Waals surface area (Å²) in [6.07, 6.45) is -0.0456. The highest BCUT2D eigenvalue weighted by Gasteiger charge is 2.21. The molecular weight excluding hydrogens is 269 g/mol. The Labute approximate surface area is 113 Å². The van der Waals surface area contributed by atoms with Crippen LogP contribution in [0.25, 0.3) is 0 Å². The fourth-order valence-electron chi connectivity index (χ4n) is 1.97. The SMILES string of the molecule is O=C(O)C(Cc1ccc(F)c(F)c1)c1cccc(F)c1. The van der Waals surface area contributed by atoms with E-state index < -0.39 is 29.3 Å². The first-order valence-corrected chi connectivity index (χ1v) is 5.89. The summed E-state index contributed by atoms with van der Waals surface area (Å²) in [4.78, 5) is 11.3. The van der Waals surface area contributed by atoms with Crippen molar-refractivity contribution in [1.82, 2.24) is 0 Å². The highest BCUT2D eigenvalue weighted by atomic mass is 19.2. The maximum atomic E-state index is 13.1. The Morgan fingerprint density at radius 3 is 2.40 bits per heavy atom. The lowest BCUT2D eigenvalue weighted by molar-refractivity contribution is -0.138. The molecule has 1 N–H and O–H groups in total. The number of halogens is 3. The van der Waals surface area contributed by atoms with E-state index in [-0.39, 0.29) is 12.0 Å². The summed E-state index contributed by atoms with van der Waals surface area (Å²) in [7, 11) is 0. The number of carboxylic acid groups (broad SMARTS) is 1. The van der Waals surface area contributed by atoms with Gasteiger partial charge in [-0.3, -0.25) is 4.79 Å². The monoisotopic (exact) mass is 280 g/mol. The van der Waals surface area contributed by atoms with Crippen molar-refractivity contribution in [2.75, 3.05) is 0 Å². The first kappa shape index (κ1) is 14.1. The van der Waals surface area contributed by atoms with E-state index in [1.54, 1.807) is 0 Å². The van der Waals surface area contributed by atoms with Crippen molar-refractivity contribution in [3.05, 3.63) is 71.0 Å². The predicted molar refractivity (Wildman–Crippen MR) is 66.8 cm³/mol. The smallest absolute Gasteiger partial charge is 0.311 e. The summed E-state index contributed by atoms with van der Waals surface area (Å²) in [6.45, 7) is 0. The molecule has 0 amide bonds. The summed E-state index contributed by atoms with van der Waals surface area (Å²) in [5.41, 5.74) is 0.614. The number of benzene rings is 2. The van der Waals surface area contributed by atoms with Crippen LogP contribution in [0.15, 0.2) is 42.5 Å². The zero-order valence-electron chi connectivity index (χ0n) is 10.3.